The Labute approximate surface area is 129 Å². The van der Waals surface area contributed by atoms with Crippen molar-refractivity contribution in [2.45, 2.75) is 33.3 Å². The van der Waals surface area contributed by atoms with Gasteiger partial charge in [0, 0.05) is 20.1 Å². The number of aliphatic imine (C=N–C) groups is 1. The van der Waals surface area contributed by atoms with Crippen LogP contribution in [0.25, 0.3) is 0 Å². The third kappa shape index (κ3) is 7.71. The van der Waals surface area contributed by atoms with Crippen molar-refractivity contribution in [3.8, 4) is 0 Å². The maximum atomic E-state index is 5.66. The summed E-state index contributed by atoms with van der Waals surface area (Å²) in [4.78, 5) is 6.79. The smallest absolute Gasteiger partial charge is 0.193 e. The number of benzene rings is 1. The Morgan fingerprint density at radius 3 is 2.67 bits per heavy atom. The number of ether oxygens (including phenoxy) is 1. The monoisotopic (exact) mass is 291 g/mol. The van der Waals surface area contributed by atoms with E-state index in [9.17, 15) is 0 Å². The Bertz CT molecular complexity index is 392. The number of nitrogens with one attached hydrogen (secondary N) is 1. The second-order valence-corrected chi connectivity index (χ2v) is 5.05. The van der Waals surface area contributed by atoms with Gasteiger partial charge in [-0.05, 0) is 18.9 Å². The highest BCUT2D eigenvalue weighted by Gasteiger charge is 2.03. The lowest BCUT2D eigenvalue weighted by Crippen LogP contribution is -2.39. The molecule has 0 aliphatic rings. The molecule has 0 aromatic heterocycles. The summed E-state index contributed by atoms with van der Waals surface area (Å²) in [5, 5.41) is 3.32. The van der Waals surface area contributed by atoms with Crippen molar-refractivity contribution in [1.29, 1.82) is 0 Å². The lowest BCUT2D eigenvalue weighted by Gasteiger charge is -2.21. The predicted molar refractivity (Wildman–Crippen MR) is 89.6 cm³/mol. The summed E-state index contributed by atoms with van der Waals surface area (Å²) >= 11 is 0. The normalized spacial score (nSPS) is 11.5. The van der Waals surface area contributed by atoms with E-state index >= 15 is 0 Å². The summed E-state index contributed by atoms with van der Waals surface area (Å²) in [5.74, 6) is 0.967. The minimum atomic E-state index is 0.644. The van der Waals surface area contributed by atoms with Crippen molar-refractivity contribution in [3.63, 3.8) is 0 Å². The highest BCUT2D eigenvalue weighted by Crippen LogP contribution is 2.00. The van der Waals surface area contributed by atoms with Crippen LogP contribution in [0.2, 0.25) is 0 Å². The molecule has 0 aliphatic carbocycles. The first-order valence-corrected chi connectivity index (χ1v) is 7.89. The first-order valence-electron chi connectivity index (χ1n) is 7.89. The molecule has 0 aliphatic heterocycles. The fourth-order valence-corrected chi connectivity index (χ4v) is 1.95. The molecule has 4 heteroatoms. The van der Waals surface area contributed by atoms with E-state index in [1.165, 1.54) is 18.4 Å². The van der Waals surface area contributed by atoms with E-state index in [1.54, 1.807) is 0 Å². The third-order valence-electron chi connectivity index (χ3n) is 3.15. The van der Waals surface area contributed by atoms with Gasteiger partial charge in [0.05, 0.1) is 19.8 Å². The topological polar surface area (TPSA) is 36.9 Å². The van der Waals surface area contributed by atoms with Gasteiger partial charge in [-0.3, -0.25) is 4.99 Å². The van der Waals surface area contributed by atoms with Crippen LogP contribution in [-0.4, -0.2) is 44.1 Å². The van der Waals surface area contributed by atoms with Gasteiger partial charge in [0.15, 0.2) is 5.96 Å². The van der Waals surface area contributed by atoms with Crippen molar-refractivity contribution >= 4 is 5.96 Å². The molecule has 0 spiro atoms. The second-order valence-electron chi connectivity index (χ2n) is 5.05. The average molecular weight is 291 g/mol. The van der Waals surface area contributed by atoms with Crippen molar-refractivity contribution < 1.29 is 4.74 Å². The van der Waals surface area contributed by atoms with Crippen LogP contribution in [0.1, 0.15) is 32.3 Å². The van der Waals surface area contributed by atoms with E-state index in [0.717, 1.165) is 19.0 Å². The molecule has 0 fully saturated rings. The van der Waals surface area contributed by atoms with Crippen molar-refractivity contribution in [1.82, 2.24) is 10.2 Å². The highest BCUT2D eigenvalue weighted by atomic mass is 16.5. The van der Waals surface area contributed by atoms with Gasteiger partial charge in [0.25, 0.3) is 0 Å². The van der Waals surface area contributed by atoms with Crippen molar-refractivity contribution in [2.24, 2.45) is 4.99 Å². The van der Waals surface area contributed by atoms with Crippen LogP contribution in [-0.2, 0) is 11.3 Å². The van der Waals surface area contributed by atoms with Crippen LogP contribution in [0.4, 0.5) is 0 Å². The molecular formula is C17H29N3O. The predicted octanol–water partition coefficient (Wildman–Crippen LogP) is 2.90. The number of hydrogen-bond donors (Lipinski definition) is 1. The SMILES string of the molecule is CCCCN(C)C(=NCCOCc1ccccc1)NCC. The molecular weight excluding hydrogens is 262 g/mol. The van der Waals surface area contributed by atoms with Crippen LogP contribution in [0.3, 0.4) is 0 Å². The standard InChI is InChI=1S/C17H29N3O/c1-4-6-13-20(3)17(18-5-2)19-12-14-21-15-16-10-8-7-9-11-16/h7-11H,4-6,12-15H2,1-3H3,(H,18,19). The maximum Gasteiger partial charge on any atom is 0.193 e. The molecule has 0 atom stereocenters. The molecule has 0 unspecified atom stereocenters. The molecule has 1 aromatic carbocycles. The Morgan fingerprint density at radius 1 is 1.24 bits per heavy atom. The molecule has 0 heterocycles. The minimum Gasteiger partial charge on any atom is -0.375 e. The van der Waals surface area contributed by atoms with Gasteiger partial charge in [-0.15, -0.1) is 0 Å². The quantitative estimate of drug-likeness (QED) is 0.432. The summed E-state index contributed by atoms with van der Waals surface area (Å²) in [6.07, 6.45) is 2.38. The Hall–Kier alpha value is -1.55. The highest BCUT2D eigenvalue weighted by molar-refractivity contribution is 5.79. The number of unbranched alkanes of at least 4 members (excludes halogenated alkanes) is 1. The van der Waals surface area contributed by atoms with E-state index < -0.39 is 0 Å². The van der Waals surface area contributed by atoms with Gasteiger partial charge in [0.2, 0.25) is 0 Å². The number of guanidine groups is 1. The molecule has 118 valence electrons. The lowest BCUT2D eigenvalue weighted by atomic mass is 10.2. The zero-order chi connectivity index (χ0) is 15.3. The van der Waals surface area contributed by atoms with Gasteiger partial charge < -0.3 is 15.0 Å². The molecule has 0 saturated carbocycles. The van der Waals surface area contributed by atoms with Crippen LogP contribution < -0.4 is 5.32 Å². The van der Waals surface area contributed by atoms with Crippen molar-refractivity contribution in [2.75, 3.05) is 33.3 Å². The zero-order valence-corrected chi connectivity index (χ0v) is 13.6. The Morgan fingerprint density at radius 2 is 2.00 bits per heavy atom. The van der Waals surface area contributed by atoms with Gasteiger partial charge in [-0.1, -0.05) is 43.7 Å². The Kier molecular flexibility index (Phi) is 9.29. The van der Waals surface area contributed by atoms with Crippen LogP contribution in [0.15, 0.2) is 35.3 Å². The van der Waals surface area contributed by atoms with E-state index in [4.69, 9.17) is 4.74 Å². The minimum absolute atomic E-state index is 0.644. The van der Waals surface area contributed by atoms with Crippen LogP contribution >= 0.6 is 0 Å². The van der Waals surface area contributed by atoms with Crippen molar-refractivity contribution in [3.05, 3.63) is 35.9 Å². The number of rotatable bonds is 9. The van der Waals surface area contributed by atoms with Gasteiger partial charge >= 0.3 is 0 Å². The molecule has 4 nitrogen and oxygen atoms in total. The fraction of sp³-hybridized carbons (Fsp3) is 0.588. The molecule has 0 radical (unpaired) electrons. The Balaban J connectivity index is 2.29. The molecule has 1 aromatic rings. The lowest BCUT2D eigenvalue weighted by molar-refractivity contribution is 0.128. The van der Waals surface area contributed by atoms with E-state index in [2.05, 4.69) is 48.2 Å². The van der Waals surface area contributed by atoms with E-state index in [-0.39, 0.29) is 0 Å². The summed E-state index contributed by atoms with van der Waals surface area (Å²) in [6.45, 7) is 8.20. The molecule has 0 saturated heterocycles. The maximum absolute atomic E-state index is 5.66. The summed E-state index contributed by atoms with van der Waals surface area (Å²) < 4.78 is 5.66. The third-order valence-corrected chi connectivity index (χ3v) is 3.15. The van der Waals surface area contributed by atoms with Crippen LogP contribution in [0.5, 0.6) is 0 Å². The van der Waals surface area contributed by atoms with E-state index in [0.29, 0.717) is 19.8 Å². The van der Waals surface area contributed by atoms with Crippen LogP contribution in [0, 0.1) is 0 Å². The van der Waals surface area contributed by atoms with Gasteiger partial charge in [-0.2, -0.15) is 0 Å². The zero-order valence-electron chi connectivity index (χ0n) is 13.6. The molecule has 1 rings (SSSR count). The molecule has 1 N–H and O–H groups in total. The largest absolute Gasteiger partial charge is 0.375 e. The van der Waals surface area contributed by atoms with Gasteiger partial charge in [-0.25, -0.2) is 0 Å². The second kappa shape index (κ2) is 11.1. The summed E-state index contributed by atoms with van der Waals surface area (Å²) in [6, 6.07) is 10.2. The molecule has 0 amide bonds. The average Bonchev–Trinajstić information content (AvgIpc) is 2.52. The first-order chi connectivity index (χ1) is 10.3. The van der Waals surface area contributed by atoms with Gasteiger partial charge in [0.1, 0.15) is 0 Å². The van der Waals surface area contributed by atoms with E-state index in [1.807, 2.05) is 18.2 Å². The first kappa shape index (κ1) is 17.5. The summed E-state index contributed by atoms with van der Waals surface area (Å²) in [5.41, 5.74) is 1.20. The fourth-order valence-electron chi connectivity index (χ4n) is 1.95. The molecule has 21 heavy (non-hydrogen) atoms. The molecule has 0 bridgehead atoms. The number of nitrogens with zero attached hydrogens (tertiary/aromatic N) is 2. The summed E-state index contributed by atoms with van der Waals surface area (Å²) in [7, 11) is 2.09. The number of hydrogen-bond acceptors (Lipinski definition) is 2.